The molecular weight excluding hydrogens is 448 g/mol. The summed E-state index contributed by atoms with van der Waals surface area (Å²) in [6, 6.07) is 13.5. The molecule has 2 aromatic carbocycles. The lowest BCUT2D eigenvalue weighted by Gasteiger charge is -2.57. The molecule has 7 rings (SSSR count). The second-order valence-electron chi connectivity index (χ2n) is 10.3. The van der Waals surface area contributed by atoms with E-state index in [4.69, 9.17) is 11.6 Å². The number of halogens is 1. The third-order valence-corrected chi connectivity index (χ3v) is 7.94. The Kier molecular flexibility index (Phi) is 5.44. The Morgan fingerprint density at radius 3 is 2.38 bits per heavy atom. The first-order chi connectivity index (χ1) is 16.6. The van der Waals surface area contributed by atoms with E-state index in [2.05, 4.69) is 38.2 Å². The summed E-state index contributed by atoms with van der Waals surface area (Å²) in [6.07, 6.45) is 11.1. The van der Waals surface area contributed by atoms with Gasteiger partial charge in [-0.05, 0) is 86.6 Å². The van der Waals surface area contributed by atoms with Crippen LogP contribution in [0, 0.1) is 17.8 Å². The Bertz CT molecular complexity index is 1160. The second-order valence-corrected chi connectivity index (χ2v) is 10.7. The number of aromatic nitrogens is 3. The third-order valence-electron chi connectivity index (χ3n) is 7.70. The molecule has 8 heteroatoms. The van der Waals surface area contributed by atoms with Crippen molar-refractivity contribution in [3.8, 4) is 5.69 Å². The average molecular weight is 477 g/mol. The van der Waals surface area contributed by atoms with Crippen LogP contribution in [0.15, 0.2) is 55.1 Å². The van der Waals surface area contributed by atoms with Crippen molar-refractivity contribution >= 4 is 34.6 Å². The summed E-state index contributed by atoms with van der Waals surface area (Å²) < 4.78 is 1.60. The second kappa shape index (κ2) is 8.62. The van der Waals surface area contributed by atoms with Crippen LogP contribution in [-0.2, 0) is 4.79 Å². The van der Waals surface area contributed by atoms with Crippen molar-refractivity contribution in [1.29, 1.82) is 0 Å². The molecule has 0 saturated heterocycles. The van der Waals surface area contributed by atoms with Gasteiger partial charge in [-0.25, -0.2) is 9.67 Å². The van der Waals surface area contributed by atoms with Crippen LogP contribution in [0.3, 0.4) is 0 Å². The summed E-state index contributed by atoms with van der Waals surface area (Å²) in [6.45, 7) is 0.142. The lowest BCUT2D eigenvalue weighted by Crippen LogP contribution is -2.54. The molecule has 4 aliphatic rings. The lowest BCUT2D eigenvalue weighted by molar-refractivity contribution is -0.114. The largest absolute Gasteiger partial charge is 0.378 e. The molecule has 3 aromatic rings. The van der Waals surface area contributed by atoms with Crippen LogP contribution >= 0.6 is 11.6 Å². The van der Waals surface area contributed by atoms with Gasteiger partial charge < -0.3 is 16.0 Å². The van der Waals surface area contributed by atoms with Crippen molar-refractivity contribution in [2.75, 3.05) is 22.5 Å². The predicted molar refractivity (Wildman–Crippen MR) is 134 cm³/mol. The Labute approximate surface area is 204 Å². The SMILES string of the molecule is O=C(CNc1ccccc1NC12CC3CC(CC(C3)C1)C2)Nc1cc(Cl)ccc1-n1cncn1. The highest BCUT2D eigenvalue weighted by atomic mass is 35.5. The van der Waals surface area contributed by atoms with Gasteiger partial charge in [0.25, 0.3) is 0 Å². The zero-order chi connectivity index (χ0) is 23.1. The first-order valence-electron chi connectivity index (χ1n) is 12.1. The maximum Gasteiger partial charge on any atom is 0.243 e. The van der Waals surface area contributed by atoms with Gasteiger partial charge in [0.05, 0.1) is 29.3 Å². The fourth-order valence-electron chi connectivity index (χ4n) is 6.81. The standard InChI is InChI=1S/C26H29ClN6O/c27-20-5-6-24(33-16-28-15-30-33)23(10-20)31-25(34)14-29-21-3-1-2-4-22(21)32-26-11-17-7-18(12-26)9-19(8-17)13-26/h1-6,10,15-19,29,32H,7-9,11-14H2,(H,31,34). The Hall–Kier alpha value is -3.06. The summed E-state index contributed by atoms with van der Waals surface area (Å²) in [4.78, 5) is 16.8. The summed E-state index contributed by atoms with van der Waals surface area (Å²) in [5.74, 6) is 2.47. The van der Waals surface area contributed by atoms with Gasteiger partial charge in [0.15, 0.2) is 0 Å². The molecule has 3 N–H and O–H groups in total. The molecule has 34 heavy (non-hydrogen) atoms. The number of anilines is 3. The monoisotopic (exact) mass is 476 g/mol. The van der Waals surface area contributed by atoms with Gasteiger partial charge in [0.1, 0.15) is 12.7 Å². The van der Waals surface area contributed by atoms with Crippen molar-refractivity contribution in [2.45, 2.75) is 44.1 Å². The molecule has 0 unspecified atom stereocenters. The van der Waals surface area contributed by atoms with Crippen molar-refractivity contribution in [3.05, 3.63) is 60.1 Å². The molecule has 4 aliphatic carbocycles. The van der Waals surface area contributed by atoms with E-state index in [1.165, 1.54) is 44.9 Å². The number of carbonyl (C=O) groups is 1. The Morgan fingerprint density at radius 1 is 1.00 bits per heavy atom. The molecular formula is C26H29ClN6O. The molecule has 176 valence electrons. The van der Waals surface area contributed by atoms with E-state index in [9.17, 15) is 4.79 Å². The maximum absolute atomic E-state index is 12.9. The fourth-order valence-corrected chi connectivity index (χ4v) is 6.98. The minimum absolute atomic E-state index is 0.142. The van der Waals surface area contributed by atoms with E-state index in [1.54, 1.807) is 23.1 Å². The molecule has 1 aromatic heterocycles. The number of benzene rings is 2. The number of nitrogens with zero attached hydrogens (tertiary/aromatic N) is 3. The number of rotatable bonds is 7. The first-order valence-corrected chi connectivity index (χ1v) is 12.5. The van der Waals surface area contributed by atoms with Crippen LogP contribution in [0.25, 0.3) is 5.69 Å². The van der Waals surface area contributed by atoms with Gasteiger partial charge in [-0.2, -0.15) is 5.10 Å². The molecule has 1 amide bonds. The third kappa shape index (κ3) is 4.25. The number of carbonyl (C=O) groups excluding carboxylic acids is 1. The van der Waals surface area contributed by atoms with Crippen molar-refractivity contribution in [3.63, 3.8) is 0 Å². The normalized spacial score (nSPS) is 26.9. The number of para-hydroxylation sites is 2. The summed E-state index contributed by atoms with van der Waals surface area (Å²) in [5, 5.41) is 14.9. The summed E-state index contributed by atoms with van der Waals surface area (Å²) in [7, 11) is 0. The van der Waals surface area contributed by atoms with Gasteiger partial charge in [-0.1, -0.05) is 23.7 Å². The van der Waals surface area contributed by atoms with Crippen molar-refractivity contribution in [1.82, 2.24) is 14.8 Å². The van der Waals surface area contributed by atoms with E-state index in [0.29, 0.717) is 16.4 Å². The van der Waals surface area contributed by atoms with Crippen LogP contribution in [0.2, 0.25) is 5.02 Å². The minimum Gasteiger partial charge on any atom is -0.378 e. The lowest BCUT2D eigenvalue weighted by atomic mass is 9.53. The van der Waals surface area contributed by atoms with Gasteiger partial charge >= 0.3 is 0 Å². The molecule has 4 bridgehead atoms. The molecule has 0 radical (unpaired) electrons. The predicted octanol–water partition coefficient (Wildman–Crippen LogP) is 5.35. The van der Waals surface area contributed by atoms with Gasteiger partial charge in [0, 0.05) is 10.6 Å². The maximum atomic E-state index is 12.9. The molecule has 7 nitrogen and oxygen atoms in total. The smallest absolute Gasteiger partial charge is 0.243 e. The van der Waals surface area contributed by atoms with E-state index in [-0.39, 0.29) is 18.0 Å². The topological polar surface area (TPSA) is 83.9 Å². The average Bonchev–Trinajstić information content (AvgIpc) is 3.32. The van der Waals surface area contributed by atoms with Crippen LogP contribution in [-0.4, -0.2) is 32.8 Å². The quantitative estimate of drug-likeness (QED) is 0.428. The van der Waals surface area contributed by atoms with Crippen LogP contribution in [0.5, 0.6) is 0 Å². The first kappa shape index (κ1) is 21.5. The number of hydrogen-bond acceptors (Lipinski definition) is 5. The van der Waals surface area contributed by atoms with Gasteiger partial charge in [-0.15, -0.1) is 0 Å². The minimum atomic E-state index is -0.159. The molecule has 0 spiro atoms. The van der Waals surface area contributed by atoms with E-state index in [1.807, 2.05) is 18.2 Å². The highest BCUT2D eigenvalue weighted by Gasteiger charge is 2.51. The Morgan fingerprint density at radius 2 is 1.71 bits per heavy atom. The molecule has 0 atom stereocenters. The number of nitrogens with one attached hydrogen (secondary N) is 3. The number of hydrogen-bond donors (Lipinski definition) is 3. The highest BCUT2D eigenvalue weighted by Crippen LogP contribution is 2.56. The van der Waals surface area contributed by atoms with Crippen LogP contribution in [0.4, 0.5) is 17.1 Å². The summed E-state index contributed by atoms with van der Waals surface area (Å²) >= 11 is 6.18. The summed E-state index contributed by atoms with van der Waals surface area (Å²) in [5.41, 5.74) is 3.55. The van der Waals surface area contributed by atoms with Gasteiger partial charge in [0.2, 0.25) is 5.91 Å². The van der Waals surface area contributed by atoms with E-state index < -0.39 is 0 Å². The zero-order valence-corrected chi connectivity index (χ0v) is 19.8. The highest BCUT2D eigenvalue weighted by molar-refractivity contribution is 6.31. The van der Waals surface area contributed by atoms with Gasteiger partial charge in [-0.3, -0.25) is 4.79 Å². The fraction of sp³-hybridized carbons (Fsp3) is 0.423. The van der Waals surface area contributed by atoms with E-state index >= 15 is 0 Å². The van der Waals surface area contributed by atoms with Crippen molar-refractivity contribution in [2.24, 2.45) is 17.8 Å². The van der Waals surface area contributed by atoms with Crippen molar-refractivity contribution < 1.29 is 4.79 Å². The molecule has 1 heterocycles. The van der Waals surface area contributed by atoms with Crippen LogP contribution in [0.1, 0.15) is 38.5 Å². The number of amides is 1. The molecule has 4 fully saturated rings. The molecule has 0 aliphatic heterocycles. The molecule has 4 saturated carbocycles. The zero-order valence-electron chi connectivity index (χ0n) is 19.0. The van der Waals surface area contributed by atoms with E-state index in [0.717, 1.165) is 29.1 Å². The Balaban J connectivity index is 1.14. The van der Waals surface area contributed by atoms with Crippen LogP contribution < -0.4 is 16.0 Å².